The van der Waals surface area contributed by atoms with Crippen molar-refractivity contribution in [2.75, 3.05) is 5.32 Å². The van der Waals surface area contributed by atoms with Gasteiger partial charge in [-0.2, -0.15) is 13.2 Å². The summed E-state index contributed by atoms with van der Waals surface area (Å²) in [7, 11) is 0. The first-order valence-electron chi connectivity index (χ1n) is 7.93. The molecule has 0 aliphatic carbocycles. The summed E-state index contributed by atoms with van der Waals surface area (Å²) in [5.41, 5.74) is 0.797. The number of alkyl halides is 3. The van der Waals surface area contributed by atoms with Gasteiger partial charge in [-0.05, 0) is 43.2 Å². The fourth-order valence-corrected chi connectivity index (χ4v) is 3.31. The van der Waals surface area contributed by atoms with Gasteiger partial charge in [0.1, 0.15) is 0 Å². The molecule has 1 aromatic heterocycles. The maximum atomic E-state index is 13.1. The fraction of sp³-hybridized carbons (Fsp3) is 0.158. The number of nitrogens with one attached hydrogen (secondary N) is 1. The summed E-state index contributed by atoms with van der Waals surface area (Å²) in [6, 6.07) is 11.4. The summed E-state index contributed by atoms with van der Waals surface area (Å²) in [5.74, 6) is 0. The highest BCUT2D eigenvalue weighted by atomic mass is 32.1. The predicted molar refractivity (Wildman–Crippen MR) is 98.1 cm³/mol. The molecule has 1 heterocycles. The number of carbonyl (C=O) groups excluding carboxylic acids is 1. The molecule has 0 atom stereocenters. The Balaban J connectivity index is 1.75. The monoisotopic (exact) mass is 392 g/mol. The van der Waals surface area contributed by atoms with Crippen LogP contribution in [0, 0.1) is 13.8 Å². The lowest BCUT2D eigenvalue weighted by Gasteiger charge is -2.13. The second kappa shape index (κ2) is 7.40. The van der Waals surface area contributed by atoms with Crippen LogP contribution in [-0.4, -0.2) is 11.1 Å². The van der Waals surface area contributed by atoms with E-state index in [-0.39, 0.29) is 5.56 Å². The number of carbonyl (C=O) groups is 1. The molecule has 1 amide bonds. The summed E-state index contributed by atoms with van der Waals surface area (Å²) in [6.07, 6.45) is -5.13. The number of halogens is 3. The third-order valence-corrected chi connectivity index (χ3v) is 4.67. The van der Waals surface area contributed by atoms with Crippen LogP contribution in [0.2, 0.25) is 0 Å². The number of aryl methyl sites for hydroxylation is 2. The van der Waals surface area contributed by atoms with Crippen LogP contribution in [0.15, 0.2) is 48.5 Å². The molecule has 0 spiro atoms. The number of nitrogens with zero attached hydrogens (tertiary/aromatic N) is 1. The highest BCUT2D eigenvalue weighted by molar-refractivity contribution is 7.13. The number of ether oxygens (including phenoxy) is 1. The van der Waals surface area contributed by atoms with Crippen LogP contribution >= 0.6 is 11.3 Å². The number of amides is 1. The average Bonchev–Trinajstić information content (AvgIpc) is 2.92. The van der Waals surface area contributed by atoms with Crippen LogP contribution in [0.3, 0.4) is 0 Å². The van der Waals surface area contributed by atoms with Crippen molar-refractivity contribution in [1.82, 2.24) is 4.98 Å². The highest BCUT2D eigenvalue weighted by Gasteiger charge is 2.33. The number of hydrogen-bond acceptors (Lipinski definition) is 4. The molecule has 3 aromatic rings. The van der Waals surface area contributed by atoms with Crippen molar-refractivity contribution in [3.05, 3.63) is 64.8 Å². The molecule has 3 rings (SSSR count). The van der Waals surface area contributed by atoms with Gasteiger partial charge in [0.2, 0.25) is 5.06 Å². The SMILES string of the molecule is Cc1nc(C)c(OC(=O)Nc2ccc(-c3ccccc3C(F)(F)F)cc2)s1. The third kappa shape index (κ3) is 4.46. The number of aromatic nitrogens is 1. The largest absolute Gasteiger partial charge is 0.417 e. The van der Waals surface area contributed by atoms with Crippen LogP contribution in [0.25, 0.3) is 11.1 Å². The van der Waals surface area contributed by atoms with Gasteiger partial charge in [-0.3, -0.25) is 5.32 Å². The van der Waals surface area contributed by atoms with Crippen molar-refractivity contribution >= 4 is 23.1 Å². The van der Waals surface area contributed by atoms with E-state index in [1.54, 1.807) is 19.9 Å². The molecule has 27 heavy (non-hydrogen) atoms. The highest BCUT2D eigenvalue weighted by Crippen LogP contribution is 2.37. The van der Waals surface area contributed by atoms with Gasteiger partial charge < -0.3 is 4.74 Å². The van der Waals surface area contributed by atoms with E-state index in [0.717, 1.165) is 11.1 Å². The van der Waals surface area contributed by atoms with Gasteiger partial charge in [0.15, 0.2) is 0 Å². The quantitative estimate of drug-likeness (QED) is 0.590. The molecule has 0 aliphatic rings. The van der Waals surface area contributed by atoms with Gasteiger partial charge in [-0.1, -0.05) is 41.7 Å². The van der Waals surface area contributed by atoms with Gasteiger partial charge >= 0.3 is 12.3 Å². The van der Waals surface area contributed by atoms with E-state index in [9.17, 15) is 18.0 Å². The summed E-state index contributed by atoms with van der Waals surface area (Å²) >= 11 is 1.26. The molecular formula is C19H15F3N2O2S. The lowest BCUT2D eigenvalue weighted by Crippen LogP contribution is -2.16. The Morgan fingerprint density at radius 2 is 1.74 bits per heavy atom. The van der Waals surface area contributed by atoms with Crippen molar-refractivity contribution in [2.24, 2.45) is 0 Å². The molecular weight excluding hydrogens is 377 g/mol. The van der Waals surface area contributed by atoms with Crippen LogP contribution in [0.5, 0.6) is 5.06 Å². The Morgan fingerprint density at radius 1 is 1.07 bits per heavy atom. The molecule has 2 aromatic carbocycles. The lowest BCUT2D eigenvalue weighted by molar-refractivity contribution is -0.137. The molecule has 0 saturated carbocycles. The third-order valence-electron chi connectivity index (χ3n) is 3.72. The fourth-order valence-electron chi connectivity index (χ4n) is 2.55. The number of anilines is 1. The Bertz CT molecular complexity index is 966. The second-order valence-electron chi connectivity index (χ2n) is 5.74. The number of thiazole rings is 1. The van der Waals surface area contributed by atoms with Crippen molar-refractivity contribution in [2.45, 2.75) is 20.0 Å². The van der Waals surface area contributed by atoms with E-state index in [1.165, 1.54) is 47.7 Å². The molecule has 0 fully saturated rings. The number of benzene rings is 2. The number of rotatable bonds is 3. The molecule has 0 aliphatic heterocycles. The molecule has 140 valence electrons. The first-order chi connectivity index (χ1) is 12.7. The maximum Gasteiger partial charge on any atom is 0.417 e. The van der Waals surface area contributed by atoms with Crippen molar-refractivity contribution in [3.8, 4) is 16.2 Å². The van der Waals surface area contributed by atoms with Crippen LogP contribution in [0.1, 0.15) is 16.3 Å². The topological polar surface area (TPSA) is 51.2 Å². The van der Waals surface area contributed by atoms with Crippen molar-refractivity contribution in [1.29, 1.82) is 0 Å². The predicted octanol–water partition coefficient (Wildman–Crippen LogP) is 6.06. The van der Waals surface area contributed by atoms with Crippen molar-refractivity contribution in [3.63, 3.8) is 0 Å². The minimum Gasteiger partial charge on any atom is -0.397 e. The average molecular weight is 392 g/mol. The normalized spacial score (nSPS) is 11.3. The van der Waals surface area contributed by atoms with E-state index in [0.29, 0.717) is 22.0 Å². The first-order valence-corrected chi connectivity index (χ1v) is 8.75. The lowest BCUT2D eigenvalue weighted by atomic mass is 9.99. The molecule has 0 bridgehead atoms. The molecule has 0 unspecified atom stereocenters. The minimum absolute atomic E-state index is 0.0786. The zero-order valence-electron chi connectivity index (χ0n) is 14.4. The minimum atomic E-state index is -4.44. The van der Waals surface area contributed by atoms with Crippen LogP contribution in [0.4, 0.5) is 23.7 Å². The molecule has 8 heteroatoms. The molecule has 1 N–H and O–H groups in total. The summed E-state index contributed by atoms with van der Waals surface area (Å²) < 4.78 is 44.7. The van der Waals surface area contributed by atoms with Crippen LogP contribution in [-0.2, 0) is 6.18 Å². The smallest absolute Gasteiger partial charge is 0.397 e. The number of hydrogen-bond donors (Lipinski definition) is 1. The zero-order valence-corrected chi connectivity index (χ0v) is 15.2. The Labute approximate surface area is 157 Å². The summed E-state index contributed by atoms with van der Waals surface area (Å²) in [5, 5.41) is 3.73. The van der Waals surface area contributed by atoms with Gasteiger partial charge in [-0.15, -0.1) is 0 Å². The van der Waals surface area contributed by atoms with E-state index in [1.807, 2.05) is 0 Å². The first kappa shape index (κ1) is 18.9. The maximum absolute atomic E-state index is 13.1. The van der Waals surface area contributed by atoms with E-state index in [2.05, 4.69) is 10.3 Å². The second-order valence-corrected chi connectivity index (χ2v) is 6.91. The zero-order chi connectivity index (χ0) is 19.6. The van der Waals surface area contributed by atoms with E-state index >= 15 is 0 Å². The molecule has 0 saturated heterocycles. The van der Waals surface area contributed by atoms with E-state index in [4.69, 9.17) is 4.74 Å². The Hall–Kier alpha value is -2.87. The van der Waals surface area contributed by atoms with E-state index < -0.39 is 17.8 Å². The van der Waals surface area contributed by atoms with Gasteiger partial charge in [0.05, 0.1) is 16.3 Å². The van der Waals surface area contributed by atoms with Gasteiger partial charge in [0, 0.05) is 5.69 Å². The molecule has 0 radical (unpaired) electrons. The summed E-state index contributed by atoms with van der Waals surface area (Å²) in [6.45, 7) is 3.54. The standard InChI is InChI=1S/C19H15F3N2O2S/c1-11-17(27-12(2)23-11)26-18(25)24-14-9-7-13(8-10-14)15-5-3-4-6-16(15)19(20,21)22/h3-10H,1-2H3,(H,24,25). The Morgan fingerprint density at radius 3 is 2.33 bits per heavy atom. The van der Waals surface area contributed by atoms with Gasteiger partial charge in [0.25, 0.3) is 0 Å². The molecule has 4 nitrogen and oxygen atoms in total. The van der Waals surface area contributed by atoms with Gasteiger partial charge in [-0.25, -0.2) is 9.78 Å². The van der Waals surface area contributed by atoms with Crippen molar-refractivity contribution < 1.29 is 22.7 Å². The Kier molecular flexibility index (Phi) is 5.18. The summed E-state index contributed by atoms with van der Waals surface area (Å²) in [4.78, 5) is 16.1. The van der Waals surface area contributed by atoms with Crippen LogP contribution < -0.4 is 10.1 Å².